The summed E-state index contributed by atoms with van der Waals surface area (Å²) >= 11 is 0. The fourth-order valence-electron chi connectivity index (χ4n) is 2.83. The van der Waals surface area contributed by atoms with Crippen LogP contribution >= 0.6 is 0 Å². The predicted octanol–water partition coefficient (Wildman–Crippen LogP) is 0.887. The zero-order valence-electron chi connectivity index (χ0n) is 11.9. The van der Waals surface area contributed by atoms with Crippen molar-refractivity contribution in [3.8, 4) is 0 Å². The minimum atomic E-state index is -3.46. The summed E-state index contributed by atoms with van der Waals surface area (Å²) in [4.78, 5) is 16.3. The van der Waals surface area contributed by atoms with Gasteiger partial charge in [-0.1, -0.05) is 12.8 Å². The molecule has 0 spiro atoms. The van der Waals surface area contributed by atoms with Crippen LogP contribution in [-0.4, -0.2) is 55.3 Å². The molecule has 0 saturated carbocycles. The Morgan fingerprint density at radius 1 is 1.10 bits per heavy atom. The number of hydrogen-bond donors (Lipinski definition) is 0. The van der Waals surface area contributed by atoms with Gasteiger partial charge in [0.05, 0.1) is 11.3 Å². The number of nitrogens with zero attached hydrogens (tertiary/aromatic N) is 3. The molecule has 0 atom stereocenters. The van der Waals surface area contributed by atoms with Crippen molar-refractivity contribution in [2.24, 2.45) is 4.40 Å². The summed E-state index contributed by atoms with van der Waals surface area (Å²) in [7, 11) is -3.46. The summed E-state index contributed by atoms with van der Waals surface area (Å²) in [6.45, 7) is 1.82. The number of hydrogen-bond acceptors (Lipinski definition) is 4. The zero-order valence-corrected chi connectivity index (χ0v) is 12.7. The van der Waals surface area contributed by atoms with Crippen molar-refractivity contribution in [1.29, 1.82) is 0 Å². The highest BCUT2D eigenvalue weighted by Gasteiger charge is 2.32. The van der Waals surface area contributed by atoms with Gasteiger partial charge in [-0.2, -0.15) is 0 Å². The highest BCUT2D eigenvalue weighted by molar-refractivity contribution is 7.90. The quantitative estimate of drug-likeness (QED) is 0.721. The summed E-state index contributed by atoms with van der Waals surface area (Å²) in [6.07, 6.45) is 9.51. The number of carbonyl (C=O) groups excluding carboxylic acids is 1. The third kappa shape index (κ3) is 3.02. The summed E-state index contributed by atoms with van der Waals surface area (Å²) < 4.78 is 27.2. The molecular weight excluding hydrogens is 290 g/mol. The Morgan fingerprint density at radius 2 is 1.81 bits per heavy atom. The number of carbonyl (C=O) groups is 1. The third-order valence-corrected chi connectivity index (χ3v) is 5.13. The summed E-state index contributed by atoms with van der Waals surface area (Å²) in [5.41, 5.74) is 0.391. The minimum absolute atomic E-state index is 0.00791. The smallest absolute Gasteiger partial charge is 0.257 e. The molecule has 3 aliphatic rings. The van der Waals surface area contributed by atoms with Gasteiger partial charge in [-0.15, -0.1) is 4.40 Å². The molecule has 1 fully saturated rings. The molecule has 1 saturated heterocycles. The number of amides is 1. The number of likely N-dealkylation sites (tertiary alicyclic amines) is 1. The van der Waals surface area contributed by atoms with Gasteiger partial charge in [-0.05, 0) is 25.0 Å². The lowest BCUT2D eigenvalue weighted by molar-refractivity contribution is -0.126. The van der Waals surface area contributed by atoms with Crippen LogP contribution < -0.4 is 0 Å². The first-order valence-corrected chi connectivity index (χ1v) is 8.95. The first-order chi connectivity index (χ1) is 10.1. The van der Waals surface area contributed by atoms with Crippen LogP contribution in [0.2, 0.25) is 0 Å². The number of rotatable bonds is 1. The molecule has 21 heavy (non-hydrogen) atoms. The van der Waals surface area contributed by atoms with E-state index in [0.29, 0.717) is 12.1 Å². The van der Waals surface area contributed by atoms with Crippen molar-refractivity contribution < 1.29 is 13.2 Å². The second-order valence-electron chi connectivity index (χ2n) is 5.52. The molecule has 0 bridgehead atoms. The van der Waals surface area contributed by atoms with E-state index in [2.05, 4.69) is 4.40 Å². The fraction of sp³-hybridized carbons (Fsp3) is 0.571. The lowest BCUT2D eigenvalue weighted by atomic mass is 10.1. The van der Waals surface area contributed by atoms with Crippen LogP contribution in [0.3, 0.4) is 0 Å². The molecule has 0 aromatic carbocycles. The Labute approximate surface area is 124 Å². The molecule has 0 aromatic rings. The van der Waals surface area contributed by atoms with E-state index < -0.39 is 10.0 Å². The highest BCUT2D eigenvalue weighted by atomic mass is 32.2. The highest BCUT2D eigenvalue weighted by Crippen LogP contribution is 2.21. The monoisotopic (exact) mass is 309 g/mol. The Kier molecular flexibility index (Phi) is 3.84. The van der Waals surface area contributed by atoms with Gasteiger partial charge in [0, 0.05) is 25.8 Å². The second kappa shape index (κ2) is 5.63. The maximum atomic E-state index is 12.7. The van der Waals surface area contributed by atoms with Gasteiger partial charge in [-0.3, -0.25) is 4.79 Å². The van der Waals surface area contributed by atoms with E-state index in [1.54, 1.807) is 23.3 Å². The average Bonchev–Trinajstić information content (AvgIpc) is 2.74. The van der Waals surface area contributed by atoms with Crippen LogP contribution in [0.1, 0.15) is 25.7 Å². The van der Waals surface area contributed by atoms with E-state index in [9.17, 15) is 13.2 Å². The van der Waals surface area contributed by atoms with Crippen molar-refractivity contribution in [3.05, 3.63) is 23.9 Å². The Bertz CT molecular complexity index is 626. The summed E-state index contributed by atoms with van der Waals surface area (Å²) in [5, 5.41) is 0. The van der Waals surface area contributed by atoms with Crippen LogP contribution in [0, 0.1) is 0 Å². The van der Waals surface area contributed by atoms with Crippen molar-refractivity contribution in [2.75, 3.05) is 25.4 Å². The van der Waals surface area contributed by atoms with Gasteiger partial charge < -0.3 is 9.80 Å². The van der Waals surface area contributed by atoms with Gasteiger partial charge in [-0.25, -0.2) is 8.42 Å². The van der Waals surface area contributed by atoms with Gasteiger partial charge >= 0.3 is 0 Å². The minimum Gasteiger partial charge on any atom is -0.339 e. The maximum absolute atomic E-state index is 12.7. The molecule has 0 aromatic heterocycles. The van der Waals surface area contributed by atoms with E-state index >= 15 is 0 Å². The van der Waals surface area contributed by atoms with Crippen LogP contribution in [0.4, 0.5) is 0 Å². The molecule has 0 aliphatic carbocycles. The molecule has 3 aliphatic heterocycles. The van der Waals surface area contributed by atoms with Crippen LogP contribution in [-0.2, 0) is 14.8 Å². The standard InChI is InChI=1S/C14H19N3O3S/c18-14(17-7-3-1-2-4-8-17)12-6-5-9-16-10-11-21(19,20)15-13(12)16/h5-6,9H,1-4,7-8,10-11H2. The zero-order chi connectivity index (χ0) is 14.9. The topological polar surface area (TPSA) is 70.0 Å². The lowest BCUT2D eigenvalue weighted by Gasteiger charge is -2.31. The first-order valence-electron chi connectivity index (χ1n) is 7.34. The SMILES string of the molecule is O=C(C1=CC=CN2CCS(=O)(=O)N=C12)N1CCCCCC1. The van der Waals surface area contributed by atoms with Gasteiger partial charge in [0.1, 0.15) is 0 Å². The molecule has 7 heteroatoms. The lowest BCUT2D eigenvalue weighted by Crippen LogP contribution is -2.43. The molecule has 114 valence electrons. The molecule has 3 rings (SSSR count). The molecular formula is C14H19N3O3S. The normalized spacial score (nSPS) is 24.8. The first kappa shape index (κ1) is 14.3. The molecule has 0 radical (unpaired) electrons. The average molecular weight is 309 g/mol. The maximum Gasteiger partial charge on any atom is 0.257 e. The largest absolute Gasteiger partial charge is 0.339 e. The van der Waals surface area contributed by atoms with Crippen LogP contribution in [0.15, 0.2) is 28.3 Å². The van der Waals surface area contributed by atoms with E-state index in [1.165, 1.54) is 0 Å². The molecule has 6 nitrogen and oxygen atoms in total. The van der Waals surface area contributed by atoms with Crippen molar-refractivity contribution in [2.45, 2.75) is 25.7 Å². The van der Waals surface area contributed by atoms with E-state index in [4.69, 9.17) is 0 Å². The fourth-order valence-corrected chi connectivity index (χ4v) is 3.81. The molecule has 3 heterocycles. The van der Waals surface area contributed by atoms with E-state index in [-0.39, 0.29) is 17.5 Å². The number of allylic oxidation sites excluding steroid dienone is 2. The molecule has 1 amide bonds. The van der Waals surface area contributed by atoms with Gasteiger partial charge in [0.2, 0.25) is 0 Å². The predicted molar refractivity (Wildman–Crippen MR) is 80.2 cm³/mol. The summed E-state index contributed by atoms with van der Waals surface area (Å²) in [6, 6.07) is 0. The Balaban J connectivity index is 1.89. The van der Waals surface area contributed by atoms with Gasteiger partial charge in [0.15, 0.2) is 5.84 Å². The van der Waals surface area contributed by atoms with Crippen molar-refractivity contribution in [3.63, 3.8) is 0 Å². The number of amidine groups is 1. The second-order valence-corrected chi connectivity index (χ2v) is 7.28. The number of fused-ring (bicyclic) bond motifs is 1. The Morgan fingerprint density at radius 3 is 2.52 bits per heavy atom. The van der Waals surface area contributed by atoms with Crippen molar-refractivity contribution >= 4 is 21.8 Å². The molecule has 0 unspecified atom stereocenters. The van der Waals surface area contributed by atoms with E-state index in [0.717, 1.165) is 38.8 Å². The molecule has 0 N–H and O–H groups in total. The van der Waals surface area contributed by atoms with Crippen LogP contribution in [0.25, 0.3) is 0 Å². The number of sulfonamides is 1. The van der Waals surface area contributed by atoms with Crippen LogP contribution in [0.5, 0.6) is 0 Å². The summed E-state index contributed by atoms with van der Waals surface area (Å²) in [5.74, 6) is 0.159. The van der Waals surface area contributed by atoms with E-state index in [1.807, 2.05) is 4.90 Å². The van der Waals surface area contributed by atoms with Gasteiger partial charge in [0.25, 0.3) is 15.9 Å². The van der Waals surface area contributed by atoms with Crippen molar-refractivity contribution in [1.82, 2.24) is 9.80 Å². The third-order valence-electron chi connectivity index (χ3n) is 3.98. The Hall–Kier alpha value is -1.63.